The zero-order valence-electron chi connectivity index (χ0n) is 10.7. The molecule has 2 fully saturated rings. The van der Waals surface area contributed by atoms with E-state index in [-0.39, 0.29) is 6.10 Å². The molecule has 1 aromatic heterocycles. The summed E-state index contributed by atoms with van der Waals surface area (Å²) in [7, 11) is 0. The number of rotatable bonds is 2. The van der Waals surface area contributed by atoms with Gasteiger partial charge in [0.05, 0.1) is 6.10 Å². The lowest BCUT2D eigenvalue weighted by Gasteiger charge is -2.24. The van der Waals surface area contributed by atoms with Crippen LogP contribution in [0.2, 0.25) is 0 Å². The number of aromatic nitrogens is 2. The lowest BCUT2D eigenvalue weighted by Crippen LogP contribution is -2.30. The predicted octanol–water partition coefficient (Wildman–Crippen LogP) is 2.08. The van der Waals surface area contributed by atoms with Gasteiger partial charge < -0.3 is 14.5 Å². The lowest BCUT2D eigenvalue weighted by molar-refractivity contribution is 0.116. The van der Waals surface area contributed by atoms with Crippen molar-refractivity contribution < 1.29 is 9.63 Å². The van der Waals surface area contributed by atoms with Crippen LogP contribution in [-0.4, -0.2) is 34.4 Å². The summed E-state index contributed by atoms with van der Waals surface area (Å²) in [6, 6.07) is 0. The third-order valence-electron chi connectivity index (χ3n) is 4.12. The second kappa shape index (κ2) is 5.26. The van der Waals surface area contributed by atoms with Crippen molar-refractivity contribution in [2.75, 3.05) is 18.0 Å². The van der Waals surface area contributed by atoms with Crippen LogP contribution in [0.3, 0.4) is 0 Å². The van der Waals surface area contributed by atoms with Gasteiger partial charge in [0.15, 0.2) is 0 Å². The molecular weight excluding hydrogens is 230 g/mol. The fourth-order valence-electron chi connectivity index (χ4n) is 2.94. The topological polar surface area (TPSA) is 62.4 Å². The first-order valence-corrected chi connectivity index (χ1v) is 7.09. The number of anilines is 1. The van der Waals surface area contributed by atoms with Crippen molar-refractivity contribution in [2.45, 2.75) is 57.0 Å². The highest BCUT2D eigenvalue weighted by molar-refractivity contribution is 5.28. The number of hydrogen-bond donors (Lipinski definition) is 1. The van der Waals surface area contributed by atoms with Crippen molar-refractivity contribution in [3.05, 3.63) is 5.89 Å². The summed E-state index contributed by atoms with van der Waals surface area (Å²) in [5, 5.41) is 13.6. The van der Waals surface area contributed by atoms with Gasteiger partial charge in [0.25, 0.3) is 5.95 Å². The summed E-state index contributed by atoms with van der Waals surface area (Å²) in [6.07, 6.45) is 7.25. The largest absolute Gasteiger partial charge is 0.393 e. The fraction of sp³-hybridized carbons (Fsp3) is 0.846. The van der Waals surface area contributed by atoms with Crippen molar-refractivity contribution in [3.63, 3.8) is 0 Å². The SMILES string of the molecule is OC1CCC(c2nc(N3CCCCC3)no2)CC1. The van der Waals surface area contributed by atoms with E-state index in [1.165, 1.54) is 19.3 Å². The number of hydrogen-bond acceptors (Lipinski definition) is 5. The minimum Gasteiger partial charge on any atom is -0.393 e. The first-order chi connectivity index (χ1) is 8.83. The molecule has 5 heteroatoms. The summed E-state index contributed by atoms with van der Waals surface area (Å²) < 4.78 is 5.41. The molecule has 1 saturated heterocycles. The van der Waals surface area contributed by atoms with E-state index < -0.39 is 0 Å². The molecule has 0 radical (unpaired) electrons. The molecule has 0 bridgehead atoms. The van der Waals surface area contributed by atoms with Gasteiger partial charge in [0.2, 0.25) is 5.89 Å². The summed E-state index contributed by atoms with van der Waals surface area (Å²) in [4.78, 5) is 6.77. The molecular formula is C13H21N3O2. The highest BCUT2D eigenvalue weighted by atomic mass is 16.5. The maximum Gasteiger partial charge on any atom is 0.266 e. The molecule has 100 valence electrons. The standard InChI is InChI=1S/C13H21N3O2/c17-11-6-4-10(5-7-11)12-14-13(15-18-12)16-8-2-1-3-9-16/h10-11,17H,1-9H2. The minimum atomic E-state index is -0.134. The Kier molecular flexibility index (Phi) is 3.50. The Labute approximate surface area is 107 Å². The van der Waals surface area contributed by atoms with Crippen molar-refractivity contribution in [2.24, 2.45) is 0 Å². The first kappa shape index (κ1) is 12.0. The van der Waals surface area contributed by atoms with Crippen LogP contribution in [0.25, 0.3) is 0 Å². The summed E-state index contributed by atoms with van der Waals surface area (Å²) in [5.74, 6) is 1.87. The van der Waals surface area contributed by atoms with Gasteiger partial charge in [-0.3, -0.25) is 0 Å². The zero-order chi connectivity index (χ0) is 12.4. The Morgan fingerprint density at radius 1 is 1.06 bits per heavy atom. The molecule has 0 aromatic carbocycles. The van der Waals surface area contributed by atoms with Gasteiger partial charge in [-0.25, -0.2) is 0 Å². The highest BCUT2D eigenvalue weighted by Gasteiger charge is 2.26. The lowest BCUT2D eigenvalue weighted by atomic mass is 9.87. The smallest absolute Gasteiger partial charge is 0.266 e. The zero-order valence-corrected chi connectivity index (χ0v) is 10.7. The van der Waals surface area contributed by atoms with Crippen LogP contribution in [-0.2, 0) is 0 Å². The second-order valence-corrected chi connectivity index (χ2v) is 5.49. The first-order valence-electron chi connectivity index (χ1n) is 7.09. The van der Waals surface area contributed by atoms with Crippen molar-refractivity contribution >= 4 is 5.95 Å². The molecule has 18 heavy (non-hydrogen) atoms. The van der Waals surface area contributed by atoms with Crippen LogP contribution >= 0.6 is 0 Å². The second-order valence-electron chi connectivity index (χ2n) is 5.49. The Morgan fingerprint density at radius 3 is 2.50 bits per heavy atom. The number of aliphatic hydroxyl groups excluding tert-OH is 1. The molecule has 3 rings (SSSR count). The highest BCUT2D eigenvalue weighted by Crippen LogP contribution is 2.32. The van der Waals surface area contributed by atoms with Crippen LogP contribution < -0.4 is 4.90 Å². The quantitative estimate of drug-likeness (QED) is 0.872. The minimum absolute atomic E-state index is 0.134. The fourth-order valence-corrected chi connectivity index (χ4v) is 2.94. The van der Waals surface area contributed by atoms with Crippen LogP contribution in [0.4, 0.5) is 5.95 Å². The van der Waals surface area contributed by atoms with Gasteiger partial charge in [-0.1, -0.05) is 0 Å². The van der Waals surface area contributed by atoms with Gasteiger partial charge >= 0.3 is 0 Å². The molecule has 1 aromatic rings. The van der Waals surface area contributed by atoms with E-state index in [1.807, 2.05) is 0 Å². The third-order valence-corrected chi connectivity index (χ3v) is 4.12. The van der Waals surface area contributed by atoms with Gasteiger partial charge in [-0.2, -0.15) is 4.98 Å². The number of piperidine rings is 1. The van der Waals surface area contributed by atoms with E-state index >= 15 is 0 Å². The molecule has 1 saturated carbocycles. The molecule has 1 aliphatic carbocycles. The Morgan fingerprint density at radius 2 is 1.78 bits per heavy atom. The summed E-state index contributed by atoms with van der Waals surface area (Å²) >= 11 is 0. The molecule has 0 atom stereocenters. The van der Waals surface area contributed by atoms with Crippen molar-refractivity contribution in [1.82, 2.24) is 10.1 Å². The molecule has 2 aliphatic rings. The average Bonchev–Trinajstić information content (AvgIpc) is 2.90. The van der Waals surface area contributed by atoms with E-state index in [0.717, 1.165) is 50.6 Å². The van der Waals surface area contributed by atoms with Crippen molar-refractivity contribution in [3.8, 4) is 0 Å². The van der Waals surface area contributed by atoms with E-state index in [1.54, 1.807) is 0 Å². The molecule has 2 heterocycles. The van der Waals surface area contributed by atoms with Crippen LogP contribution in [0.1, 0.15) is 56.8 Å². The third kappa shape index (κ3) is 2.51. The number of nitrogens with zero attached hydrogens (tertiary/aromatic N) is 3. The van der Waals surface area contributed by atoms with Crippen LogP contribution in [0, 0.1) is 0 Å². The Hall–Kier alpha value is -1.10. The Bertz CT molecular complexity index is 379. The summed E-state index contributed by atoms with van der Waals surface area (Å²) in [6.45, 7) is 2.09. The maximum atomic E-state index is 9.51. The van der Waals surface area contributed by atoms with Gasteiger partial charge in [0, 0.05) is 19.0 Å². The maximum absolute atomic E-state index is 9.51. The molecule has 1 N–H and O–H groups in total. The van der Waals surface area contributed by atoms with Gasteiger partial charge in [-0.05, 0) is 50.1 Å². The van der Waals surface area contributed by atoms with E-state index in [2.05, 4.69) is 15.0 Å². The predicted molar refractivity (Wildman–Crippen MR) is 67.6 cm³/mol. The monoisotopic (exact) mass is 251 g/mol. The van der Waals surface area contributed by atoms with Crippen molar-refractivity contribution in [1.29, 1.82) is 0 Å². The van der Waals surface area contributed by atoms with E-state index in [0.29, 0.717) is 5.92 Å². The molecule has 0 unspecified atom stereocenters. The van der Waals surface area contributed by atoms with E-state index in [4.69, 9.17) is 4.52 Å². The Balaban J connectivity index is 1.65. The number of aliphatic hydroxyl groups is 1. The van der Waals surface area contributed by atoms with Crippen LogP contribution in [0.15, 0.2) is 4.52 Å². The van der Waals surface area contributed by atoms with Gasteiger partial charge in [-0.15, -0.1) is 0 Å². The molecule has 0 spiro atoms. The molecule has 5 nitrogen and oxygen atoms in total. The average molecular weight is 251 g/mol. The molecule has 0 amide bonds. The van der Waals surface area contributed by atoms with Crippen LogP contribution in [0.5, 0.6) is 0 Å². The molecule has 1 aliphatic heterocycles. The van der Waals surface area contributed by atoms with Gasteiger partial charge in [0.1, 0.15) is 0 Å². The van der Waals surface area contributed by atoms with E-state index in [9.17, 15) is 5.11 Å². The summed E-state index contributed by atoms with van der Waals surface area (Å²) in [5.41, 5.74) is 0. The normalized spacial score (nSPS) is 29.5.